The predicted molar refractivity (Wildman–Crippen MR) is 204 cm³/mol. The predicted octanol–water partition coefficient (Wildman–Crippen LogP) is 13.4. The van der Waals surface area contributed by atoms with Gasteiger partial charge in [0.2, 0.25) is 0 Å². The lowest BCUT2D eigenvalue weighted by molar-refractivity contribution is 0.660. The third-order valence-electron chi connectivity index (χ3n) is 11.1. The molecule has 230 valence electrons. The minimum absolute atomic E-state index is 0.0643. The summed E-state index contributed by atoms with van der Waals surface area (Å²) < 4.78 is 12.9. The largest absolute Gasteiger partial charge is 0.456 e. The Kier molecular flexibility index (Phi) is 5.21. The second-order valence-electron chi connectivity index (χ2n) is 14.0. The Morgan fingerprint density at radius 1 is 0.347 bits per heavy atom. The van der Waals surface area contributed by atoms with Crippen LogP contribution in [0.5, 0.6) is 0 Å². The molecule has 2 aromatic heterocycles. The monoisotopic (exact) mass is 626 g/mol. The Morgan fingerprint density at radius 3 is 1.57 bits per heavy atom. The summed E-state index contributed by atoms with van der Waals surface area (Å²) in [6, 6.07) is 52.8. The molecule has 0 fully saturated rings. The highest BCUT2D eigenvalue weighted by molar-refractivity contribution is 6.23. The van der Waals surface area contributed by atoms with Gasteiger partial charge < -0.3 is 8.83 Å². The molecule has 0 saturated carbocycles. The van der Waals surface area contributed by atoms with E-state index < -0.39 is 0 Å². The minimum Gasteiger partial charge on any atom is -0.456 e. The molecule has 0 aliphatic heterocycles. The molecule has 0 unspecified atom stereocenters. The summed E-state index contributed by atoms with van der Waals surface area (Å²) in [5, 5.41) is 9.32. The molecule has 0 N–H and O–H groups in total. The SMILES string of the molecule is CC1(C)c2ccccc2-c2c(-c3c4ccccc4c(-c4ccc5c(c4)oc4cc6c(cc45)oc4ccccc46)c4ccccc34)cccc21. The zero-order chi connectivity index (χ0) is 32.4. The van der Waals surface area contributed by atoms with E-state index in [0.717, 1.165) is 49.4 Å². The zero-order valence-corrected chi connectivity index (χ0v) is 27.2. The van der Waals surface area contributed by atoms with E-state index in [2.05, 4.69) is 147 Å². The normalized spacial score (nSPS) is 13.7. The highest BCUT2D eigenvalue weighted by atomic mass is 16.3. The second-order valence-corrected chi connectivity index (χ2v) is 14.0. The van der Waals surface area contributed by atoms with Gasteiger partial charge >= 0.3 is 0 Å². The van der Waals surface area contributed by atoms with Crippen LogP contribution in [0.1, 0.15) is 25.0 Å². The lowest BCUT2D eigenvalue weighted by atomic mass is 9.80. The van der Waals surface area contributed by atoms with Gasteiger partial charge in [-0.05, 0) is 96.4 Å². The lowest BCUT2D eigenvalue weighted by Crippen LogP contribution is -2.14. The van der Waals surface area contributed by atoms with E-state index in [0.29, 0.717) is 0 Å². The van der Waals surface area contributed by atoms with Crippen LogP contribution in [0.2, 0.25) is 0 Å². The summed E-state index contributed by atoms with van der Waals surface area (Å²) in [6.45, 7) is 4.71. The number of furan rings is 2. The first-order valence-corrected chi connectivity index (χ1v) is 17.0. The van der Waals surface area contributed by atoms with Crippen LogP contribution in [0.15, 0.2) is 154 Å². The van der Waals surface area contributed by atoms with E-state index in [-0.39, 0.29) is 5.41 Å². The molecular formula is C47H30O2. The average Bonchev–Trinajstić information content (AvgIpc) is 3.76. The lowest BCUT2D eigenvalue weighted by Gasteiger charge is -2.22. The molecule has 0 saturated heterocycles. The van der Waals surface area contributed by atoms with E-state index in [1.807, 2.05) is 12.1 Å². The molecule has 2 heterocycles. The average molecular weight is 627 g/mol. The molecule has 10 aromatic rings. The fourth-order valence-electron chi connectivity index (χ4n) is 8.84. The molecule has 49 heavy (non-hydrogen) atoms. The van der Waals surface area contributed by atoms with Gasteiger partial charge in [-0.1, -0.05) is 129 Å². The van der Waals surface area contributed by atoms with Gasteiger partial charge in [0.15, 0.2) is 0 Å². The van der Waals surface area contributed by atoms with E-state index in [9.17, 15) is 0 Å². The Hall–Kier alpha value is -6.12. The van der Waals surface area contributed by atoms with Gasteiger partial charge in [-0.3, -0.25) is 0 Å². The molecule has 2 heteroatoms. The number of para-hydroxylation sites is 1. The smallest absolute Gasteiger partial charge is 0.136 e. The topological polar surface area (TPSA) is 26.3 Å². The number of fused-ring (bicyclic) bond motifs is 11. The molecule has 0 radical (unpaired) electrons. The number of rotatable bonds is 2. The number of benzene rings is 8. The summed E-state index contributed by atoms with van der Waals surface area (Å²) in [5.41, 5.74) is 13.9. The van der Waals surface area contributed by atoms with Crippen molar-refractivity contribution >= 4 is 65.4 Å². The maximum Gasteiger partial charge on any atom is 0.136 e. The van der Waals surface area contributed by atoms with Crippen molar-refractivity contribution in [1.29, 1.82) is 0 Å². The maximum atomic E-state index is 6.62. The van der Waals surface area contributed by atoms with Gasteiger partial charge in [0.1, 0.15) is 22.3 Å². The van der Waals surface area contributed by atoms with Gasteiger partial charge in [0.05, 0.1) is 0 Å². The third kappa shape index (κ3) is 3.55. The minimum atomic E-state index is -0.0643. The van der Waals surface area contributed by atoms with Crippen LogP contribution in [-0.4, -0.2) is 0 Å². The van der Waals surface area contributed by atoms with E-state index >= 15 is 0 Å². The summed E-state index contributed by atoms with van der Waals surface area (Å²) in [5.74, 6) is 0. The molecular weight excluding hydrogens is 597 g/mol. The van der Waals surface area contributed by atoms with Crippen LogP contribution in [0.25, 0.3) is 98.8 Å². The van der Waals surface area contributed by atoms with Crippen LogP contribution < -0.4 is 0 Å². The molecule has 1 aliphatic rings. The highest BCUT2D eigenvalue weighted by Gasteiger charge is 2.37. The Balaban J connectivity index is 1.18. The third-order valence-corrected chi connectivity index (χ3v) is 11.1. The fourth-order valence-corrected chi connectivity index (χ4v) is 8.84. The van der Waals surface area contributed by atoms with Crippen molar-refractivity contribution in [1.82, 2.24) is 0 Å². The van der Waals surface area contributed by atoms with Crippen molar-refractivity contribution in [3.05, 3.63) is 157 Å². The van der Waals surface area contributed by atoms with Crippen molar-refractivity contribution in [2.45, 2.75) is 19.3 Å². The standard InChI is InChI=1S/C47H30O2/c1-47(2)38-19-9-7-17-34(38)46-35(18-11-20-39(46)47)45-32-15-5-3-13-30(32)44(31-14-4-6-16-33(31)45)27-22-23-29-37-26-42-36(25-43(37)49-41(29)24-27)28-12-8-10-21-40(28)48-42/h3-26H,1-2H3. The molecule has 2 nitrogen and oxygen atoms in total. The first kappa shape index (κ1) is 26.9. The summed E-state index contributed by atoms with van der Waals surface area (Å²) in [7, 11) is 0. The fraction of sp³-hybridized carbons (Fsp3) is 0.0638. The number of hydrogen-bond acceptors (Lipinski definition) is 2. The first-order chi connectivity index (χ1) is 24.1. The Bertz CT molecular complexity index is 2970. The molecule has 8 aromatic carbocycles. The van der Waals surface area contributed by atoms with E-state index in [1.165, 1.54) is 60.5 Å². The van der Waals surface area contributed by atoms with Crippen molar-refractivity contribution < 1.29 is 8.83 Å². The van der Waals surface area contributed by atoms with Gasteiger partial charge in [-0.25, -0.2) is 0 Å². The van der Waals surface area contributed by atoms with Crippen LogP contribution in [0.3, 0.4) is 0 Å². The Labute approximate surface area is 282 Å². The van der Waals surface area contributed by atoms with Crippen molar-refractivity contribution in [3.63, 3.8) is 0 Å². The van der Waals surface area contributed by atoms with Gasteiger partial charge in [-0.2, -0.15) is 0 Å². The molecule has 1 aliphatic carbocycles. The zero-order valence-electron chi connectivity index (χ0n) is 27.2. The van der Waals surface area contributed by atoms with E-state index in [1.54, 1.807) is 0 Å². The summed E-state index contributed by atoms with van der Waals surface area (Å²) >= 11 is 0. The van der Waals surface area contributed by atoms with Crippen molar-refractivity contribution in [2.75, 3.05) is 0 Å². The first-order valence-electron chi connectivity index (χ1n) is 17.0. The highest BCUT2D eigenvalue weighted by Crippen LogP contribution is 2.54. The molecule has 0 spiro atoms. The van der Waals surface area contributed by atoms with Crippen molar-refractivity contribution in [3.8, 4) is 33.4 Å². The van der Waals surface area contributed by atoms with Gasteiger partial charge in [-0.15, -0.1) is 0 Å². The van der Waals surface area contributed by atoms with Crippen LogP contribution in [0, 0.1) is 0 Å². The molecule has 0 atom stereocenters. The molecule has 11 rings (SSSR count). The van der Waals surface area contributed by atoms with Gasteiger partial charge in [0, 0.05) is 27.0 Å². The quantitative estimate of drug-likeness (QED) is 0.178. The van der Waals surface area contributed by atoms with E-state index in [4.69, 9.17) is 8.83 Å². The van der Waals surface area contributed by atoms with Crippen LogP contribution in [0.4, 0.5) is 0 Å². The Morgan fingerprint density at radius 2 is 0.857 bits per heavy atom. The van der Waals surface area contributed by atoms with Crippen LogP contribution in [-0.2, 0) is 5.41 Å². The van der Waals surface area contributed by atoms with Crippen molar-refractivity contribution in [2.24, 2.45) is 0 Å². The summed E-state index contributed by atoms with van der Waals surface area (Å²) in [4.78, 5) is 0. The maximum absolute atomic E-state index is 6.62. The number of hydrogen-bond donors (Lipinski definition) is 0. The van der Waals surface area contributed by atoms with Gasteiger partial charge in [0.25, 0.3) is 0 Å². The molecule has 0 amide bonds. The summed E-state index contributed by atoms with van der Waals surface area (Å²) in [6.07, 6.45) is 0. The molecule has 0 bridgehead atoms. The van der Waals surface area contributed by atoms with Crippen LogP contribution >= 0.6 is 0 Å². The second kappa shape index (κ2) is 9.49.